The maximum atomic E-state index is 11.9. The smallest absolute Gasteiger partial charge is 0.272 e. The second-order valence-electron chi connectivity index (χ2n) is 3.68. The number of aryl methyl sites for hydroxylation is 1. The van der Waals surface area contributed by atoms with Gasteiger partial charge in [0.15, 0.2) is 9.34 Å². The molecular weight excluding hydrogens is 390 g/mol. The Morgan fingerprint density at radius 1 is 1.45 bits per heavy atom. The summed E-state index contributed by atoms with van der Waals surface area (Å²) >= 11 is 4.00. The third-order valence-electron chi connectivity index (χ3n) is 2.16. The fourth-order valence-corrected chi connectivity index (χ4v) is 4.08. The summed E-state index contributed by atoms with van der Waals surface area (Å²) in [6.07, 6.45) is 2.93. The van der Waals surface area contributed by atoms with Gasteiger partial charge < -0.3 is 0 Å². The van der Waals surface area contributed by atoms with E-state index in [0.29, 0.717) is 10.0 Å². The molecule has 0 unspecified atom stereocenters. The number of carbonyl (C=O) groups is 1. The normalized spacial score (nSPS) is 11.3. The number of rotatable bonds is 3. The Kier molecular flexibility index (Phi) is 4.43. The van der Waals surface area contributed by atoms with Crippen LogP contribution in [-0.4, -0.2) is 24.3 Å². The molecule has 0 fully saturated rings. The highest BCUT2D eigenvalue weighted by Crippen LogP contribution is 2.29. The molecule has 2 aromatic heterocycles. The number of anilines is 1. The van der Waals surface area contributed by atoms with Crippen LogP contribution in [0, 0.1) is 6.92 Å². The van der Waals surface area contributed by atoms with Crippen LogP contribution in [0.15, 0.2) is 27.1 Å². The van der Waals surface area contributed by atoms with Gasteiger partial charge in [0.05, 0.1) is 11.3 Å². The van der Waals surface area contributed by atoms with Crippen molar-refractivity contribution in [1.29, 1.82) is 0 Å². The molecule has 0 aliphatic heterocycles. The van der Waals surface area contributed by atoms with E-state index >= 15 is 0 Å². The second-order valence-corrected chi connectivity index (χ2v) is 8.35. The molecule has 1 amide bonds. The number of nitrogens with zero attached hydrogens (tertiary/aromatic N) is 2. The van der Waals surface area contributed by atoms with E-state index in [4.69, 9.17) is 10.7 Å². The minimum atomic E-state index is -3.86. The van der Waals surface area contributed by atoms with Crippen molar-refractivity contribution >= 4 is 58.0 Å². The molecule has 6 nitrogen and oxygen atoms in total. The molecule has 0 aliphatic rings. The molecule has 2 aromatic rings. The summed E-state index contributed by atoms with van der Waals surface area (Å²) in [5.41, 5.74) is 0.565. The predicted molar refractivity (Wildman–Crippen MR) is 79.8 cm³/mol. The highest BCUT2D eigenvalue weighted by Gasteiger charge is 2.20. The monoisotopic (exact) mass is 395 g/mol. The number of thiazole rings is 1. The molecule has 0 spiro atoms. The Labute approximate surface area is 131 Å². The number of nitrogens with one attached hydrogen (secondary N) is 1. The Morgan fingerprint density at radius 2 is 2.15 bits per heavy atom. The van der Waals surface area contributed by atoms with Crippen LogP contribution in [0.2, 0.25) is 0 Å². The molecular formula is C10H7BrClN3O3S2. The third kappa shape index (κ3) is 3.54. The molecule has 2 heterocycles. The van der Waals surface area contributed by atoms with Crippen molar-refractivity contribution in [2.75, 3.05) is 5.32 Å². The van der Waals surface area contributed by atoms with Crippen molar-refractivity contribution in [3.05, 3.63) is 34.2 Å². The van der Waals surface area contributed by atoms with Crippen LogP contribution >= 0.6 is 37.9 Å². The van der Waals surface area contributed by atoms with Crippen LogP contribution in [0.5, 0.6) is 0 Å². The van der Waals surface area contributed by atoms with Crippen molar-refractivity contribution in [2.24, 2.45) is 0 Å². The average Bonchev–Trinajstić information content (AvgIpc) is 2.70. The van der Waals surface area contributed by atoms with Gasteiger partial charge in [0.1, 0.15) is 0 Å². The fourth-order valence-electron chi connectivity index (χ4n) is 1.37. The molecule has 10 heteroatoms. The average molecular weight is 397 g/mol. The van der Waals surface area contributed by atoms with Crippen LogP contribution in [0.1, 0.15) is 16.1 Å². The van der Waals surface area contributed by atoms with E-state index in [2.05, 4.69) is 31.2 Å². The number of hydrogen-bond acceptors (Lipinski definition) is 6. The molecule has 0 saturated heterocycles. The lowest BCUT2D eigenvalue weighted by atomic mass is 10.3. The number of pyridine rings is 1. The van der Waals surface area contributed by atoms with Gasteiger partial charge in [0, 0.05) is 27.5 Å². The van der Waals surface area contributed by atoms with E-state index in [1.807, 2.05) is 0 Å². The first-order valence-electron chi connectivity index (χ1n) is 5.11. The van der Waals surface area contributed by atoms with Crippen LogP contribution in [0.25, 0.3) is 0 Å². The molecule has 0 atom stereocenters. The van der Waals surface area contributed by atoms with Crippen molar-refractivity contribution in [2.45, 2.75) is 11.1 Å². The Hall–Kier alpha value is -1.03. The number of hydrogen-bond donors (Lipinski definition) is 1. The quantitative estimate of drug-likeness (QED) is 0.806. The first-order valence-corrected chi connectivity index (χ1v) is 9.03. The van der Waals surface area contributed by atoms with Crippen LogP contribution in [-0.2, 0) is 9.05 Å². The molecule has 0 radical (unpaired) electrons. The molecule has 0 aromatic carbocycles. The summed E-state index contributed by atoms with van der Waals surface area (Å²) < 4.78 is 23.1. The van der Waals surface area contributed by atoms with Gasteiger partial charge in [-0.25, -0.2) is 13.4 Å². The van der Waals surface area contributed by atoms with Gasteiger partial charge in [-0.05, 0) is 28.9 Å². The Morgan fingerprint density at radius 3 is 2.70 bits per heavy atom. The maximum Gasteiger partial charge on any atom is 0.272 e. The maximum absolute atomic E-state index is 11.9. The molecule has 0 aliphatic carbocycles. The Balaban J connectivity index is 2.25. The van der Waals surface area contributed by atoms with Gasteiger partial charge in [0.25, 0.3) is 15.0 Å². The molecule has 0 saturated carbocycles. The minimum absolute atomic E-state index is 0.0816. The zero-order chi connectivity index (χ0) is 14.9. The molecule has 106 valence electrons. The van der Waals surface area contributed by atoms with E-state index in [1.165, 1.54) is 13.1 Å². The highest BCUT2D eigenvalue weighted by molar-refractivity contribution is 9.10. The van der Waals surface area contributed by atoms with Gasteiger partial charge in [0.2, 0.25) is 0 Å². The Bertz CT molecular complexity index is 776. The van der Waals surface area contributed by atoms with Gasteiger partial charge >= 0.3 is 0 Å². The number of halogens is 2. The summed E-state index contributed by atoms with van der Waals surface area (Å²) in [6, 6.07) is 1.59. The largest absolute Gasteiger partial charge is 0.298 e. The summed E-state index contributed by atoms with van der Waals surface area (Å²) in [5, 5.41) is 2.66. The van der Waals surface area contributed by atoms with Gasteiger partial charge in [-0.1, -0.05) is 11.3 Å². The standard InChI is InChI=1S/C10H7BrClN3O3S2/c1-5-9(20(12,17)18)19-10(14-5)15-8(16)6-2-7(11)4-13-3-6/h2-4H,1H3,(H,14,15,16). The number of amides is 1. The summed E-state index contributed by atoms with van der Waals surface area (Å²) in [7, 11) is 1.40. The summed E-state index contributed by atoms with van der Waals surface area (Å²) in [5.74, 6) is -0.439. The van der Waals surface area contributed by atoms with Crippen molar-refractivity contribution < 1.29 is 13.2 Å². The lowest BCUT2D eigenvalue weighted by Gasteiger charge is -2.01. The molecule has 1 N–H and O–H groups in total. The lowest BCUT2D eigenvalue weighted by Crippen LogP contribution is -2.11. The zero-order valence-electron chi connectivity index (χ0n) is 9.92. The van der Waals surface area contributed by atoms with E-state index in [-0.39, 0.29) is 15.0 Å². The number of carbonyl (C=O) groups excluding carboxylic acids is 1. The van der Waals surface area contributed by atoms with Crippen LogP contribution in [0.4, 0.5) is 5.13 Å². The van der Waals surface area contributed by atoms with Gasteiger partial charge in [-0.15, -0.1) is 0 Å². The van der Waals surface area contributed by atoms with E-state index < -0.39 is 15.0 Å². The third-order valence-corrected chi connectivity index (χ3v) is 5.85. The predicted octanol–water partition coefficient (Wildman–Crippen LogP) is 2.79. The van der Waals surface area contributed by atoms with Crippen LogP contribution in [0.3, 0.4) is 0 Å². The van der Waals surface area contributed by atoms with Crippen molar-refractivity contribution in [3.8, 4) is 0 Å². The van der Waals surface area contributed by atoms with E-state index in [0.717, 1.165) is 11.3 Å². The van der Waals surface area contributed by atoms with Gasteiger partial charge in [-0.2, -0.15) is 0 Å². The van der Waals surface area contributed by atoms with Crippen molar-refractivity contribution in [3.63, 3.8) is 0 Å². The summed E-state index contributed by atoms with van der Waals surface area (Å²) in [6.45, 7) is 1.50. The van der Waals surface area contributed by atoms with Crippen LogP contribution < -0.4 is 5.32 Å². The van der Waals surface area contributed by atoms with Gasteiger partial charge in [-0.3, -0.25) is 15.1 Å². The molecule has 20 heavy (non-hydrogen) atoms. The highest BCUT2D eigenvalue weighted by atomic mass is 79.9. The molecule has 0 bridgehead atoms. The van der Waals surface area contributed by atoms with E-state index in [1.54, 1.807) is 12.3 Å². The fraction of sp³-hybridized carbons (Fsp3) is 0.100. The molecule has 2 rings (SSSR count). The van der Waals surface area contributed by atoms with Crippen molar-refractivity contribution in [1.82, 2.24) is 9.97 Å². The first-order chi connectivity index (χ1) is 9.27. The van der Waals surface area contributed by atoms with E-state index in [9.17, 15) is 13.2 Å². The second kappa shape index (κ2) is 5.76. The number of aromatic nitrogens is 2. The summed E-state index contributed by atoms with van der Waals surface area (Å²) in [4.78, 5) is 19.8. The zero-order valence-corrected chi connectivity index (χ0v) is 13.9. The SMILES string of the molecule is Cc1nc(NC(=O)c2cncc(Br)c2)sc1S(=O)(=O)Cl. The topological polar surface area (TPSA) is 89.0 Å². The first kappa shape index (κ1) is 15.4. The minimum Gasteiger partial charge on any atom is -0.298 e. The lowest BCUT2D eigenvalue weighted by molar-refractivity contribution is 0.102.